The summed E-state index contributed by atoms with van der Waals surface area (Å²) < 4.78 is 36.0. The second-order valence-corrected chi connectivity index (χ2v) is 12.6. The molecule has 2 aliphatic heterocycles. The molecule has 7 rings (SSSR count). The van der Waals surface area contributed by atoms with Crippen LogP contribution in [-0.2, 0) is 24.4 Å². The van der Waals surface area contributed by atoms with E-state index in [9.17, 15) is 0 Å². The van der Waals surface area contributed by atoms with E-state index in [0.29, 0.717) is 26.4 Å². The Kier molecular flexibility index (Phi) is 7.52. The van der Waals surface area contributed by atoms with Gasteiger partial charge in [0.1, 0.15) is 24.7 Å². The highest BCUT2D eigenvalue weighted by Gasteiger charge is 2.52. The van der Waals surface area contributed by atoms with Gasteiger partial charge >= 0.3 is 11.9 Å². The third-order valence-corrected chi connectivity index (χ3v) is 9.07. The van der Waals surface area contributed by atoms with E-state index in [4.69, 9.17) is 28.4 Å². The van der Waals surface area contributed by atoms with Gasteiger partial charge in [0.2, 0.25) is 0 Å². The molecule has 0 aromatic heterocycles. The summed E-state index contributed by atoms with van der Waals surface area (Å²) >= 11 is 0. The highest BCUT2D eigenvalue weighted by Crippen LogP contribution is 2.57. The first kappa shape index (κ1) is 30.0. The van der Waals surface area contributed by atoms with Crippen LogP contribution in [0.4, 0.5) is 0 Å². The van der Waals surface area contributed by atoms with Gasteiger partial charge in [0.25, 0.3) is 0 Å². The topological polar surface area (TPSA) is 62.0 Å². The van der Waals surface area contributed by atoms with Gasteiger partial charge in [0.15, 0.2) is 0 Å². The highest BCUT2D eigenvalue weighted by molar-refractivity contribution is 5.86. The van der Waals surface area contributed by atoms with Crippen molar-refractivity contribution in [2.75, 3.05) is 26.4 Å². The minimum atomic E-state index is -0.981. The molecule has 0 bridgehead atoms. The number of benzene rings is 4. The molecule has 2 heterocycles. The molecule has 2 unspecified atom stereocenters. The Labute approximate surface area is 266 Å². The lowest BCUT2D eigenvalue weighted by Gasteiger charge is -2.35. The number of rotatable bonds is 12. The smallest absolute Gasteiger partial charge is 0.352 e. The van der Waals surface area contributed by atoms with E-state index >= 15 is 0 Å². The Hall–Kier alpha value is -3.68. The predicted octanol–water partition coefficient (Wildman–Crippen LogP) is 8.26. The standard InChI is InChI=1S/C39H42O6/c1-7-17-40-37(23-42-37)44-35-25(3)19-29(20-26(35)4)39(33-15-11-9-13-31(33)32-14-10-12-16-34(32)39)30-21-27(5)36(28(6)22-30)45-38(24-43-38)41-18-8-2/h9-16,19-22H,7-8,17-18,23-24H2,1-6H3. The zero-order valence-electron chi connectivity index (χ0n) is 27.1. The van der Waals surface area contributed by atoms with Crippen molar-refractivity contribution in [2.24, 2.45) is 0 Å². The van der Waals surface area contributed by atoms with Gasteiger partial charge in [0, 0.05) is 0 Å². The first-order valence-electron chi connectivity index (χ1n) is 16.1. The molecule has 4 aromatic rings. The molecule has 234 valence electrons. The Morgan fingerprint density at radius 2 is 0.933 bits per heavy atom. The molecule has 2 atom stereocenters. The van der Waals surface area contributed by atoms with Gasteiger partial charge in [-0.05, 0) is 96.2 Å². The maximum absolute atomic E-state index is 6.42. The molecule has 6 nitrogen and oxygen atoms in total. The maximum Gasteiger partial charge on any atom is 0.352 e. The molecule has 0 N–H and O–H groups in total. The quantitative estimate of drug-likeness (QED) is 0.105. The molecule has 0 saturated carbocycles. The molecule has 1 aliphatic carbocycles. The first-order valence-corrected chi connectivity index (χ1v) is 16.1. The summed E-state index contributed by atoms with van der Waals surface area (Å²) in [6.45, 7) is 14.6. The van der Waals surface area contributed by atoms with Gasteiger partial charge in [-0.15, -0.1) is 0 Å². The minimum absolute atomic E-state index is 0.432. The number of hydrogen-bond donors (Lipinski definition) is 0. The zero-order chi connectivity index (χ0) is 31.4. The summed E-state index contributed by atoms with van der Waals surface area (Å²) in [6.07, 6.45) is 1.80. The van der Waals surface area contributed by atoms with Crippen molar-refractivity contribution in [3.05, 3.63) is 117 Å². The van der Waals surface area contributed by atoms with Crippen LogP contribution in [0.15, 0.2) is 72.8 Å². The van der Waals surface area contributed by atoms with E-state index in [1.165, 1.54) is 33.4 Å². The van der Waals surface area contributed by atoms with Crippen LogP contribution in [-0.4, -0.2) is 38.4 Å². The van der Waals surface area contributed by atoms with Crippen LogP contribution >= 0.6 is 0 Å². The molecule has 3 aliphatic rings. The summed E-state index contributed by atoms with van der Waals surface area (Å²) in [5.41, 5.74) is 11.0. The van der Waals surface area contributed by atoms with E-state index in [0.717, 1.165) is 46.6 Å². The molecule has 0 spiro atoms. The van der Waals surface area contributed by atoms with E-state index in [2.05, 4.69) is 114 Å². The largest absolute Gasteiger partial charge is 0.437 e. The molecule has 0 amide bonds. The van der Waals surface area contributed by atoms with Gasteiger partial charge in [-0.2, -0.15) is 0 Å². The van der Waals surface area contributed by atoms with Crippen molar-refractivity contribution in [2.45, 2.75) is 71.7 Å². The third kappa shape index (κ3) is 5.05. The molecule has 0 radical (unpaired) electrons. The van der Waals surface area contributed by atoms with Gasteiger partial charge in [0.05, 0.1) is 18.6 Å². The zero-order valence-corrected chi connectivity index (χ0v) is 27.1. The normalized spacial score (nSPS) is 22.1. The summed E-state index contributed by atoms with van der Waals surface area (Å²) in [5, 5.41) is 0. The van der Waals surface area contributed by atoms with E-state index in [1.54, 1.807) is 0 Å². The number of ether oxygens (including phenoxy) is 6. The van der Waals surface area contributed by atoms with Crippen LogP contribution in [0.2, 0.25) is 0 Å². The fraction of sp³-hybridized carbons (Fsp3) is 0.385. The van der Waals surface area contributed by atoms with Crippen molar-refractivity contribution < 1.29 is 28.4 Å². The first-order chi connectivity index (χ1) is 21.8. The van der Waals surface area contributed by atoms with Crippen molar-refractivity contribution in [1.29, 1.82) is 0 Å². The van der Waals surface area contributed by atoms with E-state index < -0.39 is 17.4 Å². The molecule has 2 saturated heterocycles. The van der Waals surface area contributed by atoms with Crippen LogP contribution in [0.1, 0.15) is 71.2 Å². The summed E-state index contributed by atoms with van der Waals surface area (Å²) in [6, 6.07) is 26.7. The third-order valence-electron chi connectivity index (χ3n) is 9.07. The second-order valence-electron chi connectivity index (χ2n) is 12.6. The van der Waals surface area contributed by atoms with Crippen LogP contribution in [0.25, 0.3) is 11.1 Å². The Balaban J connectivity index is 1.40. The lowest BCUT2D eigenvalue weighted by atomic mass is 9.66. The van der Waals surface area contributed by atoms with E-state index in [-0.39, 0.29) is 0 Å². The number of fused-ring (bicyclic) bond motifs is 3. The van der Waals surface area contributed by atoms with Crippen LogP contribution in [0, 0.1) is 27.7 Å². The van der Waals surface area contributed by atoms with Crippen molar-refractivity contribution in [3.8, 4) is 22.6 Å². The van der Waals surface area contributed by atoms with Crippen molar-refractivity contribution >= 4 is 0 Å². The summed E-state index contributed by atoms with van der Waals surface area (Å²) in [7, 11) is 0. The fourth-order valence-corrected chi connectivity index (χ4v) is 6.97. The highest BCUT2D eigenvalue weighted by atomic mass is 16.9. The Morgan fingerprint density at radius 3 is 1.27 bits per heavy atom. The SMILES string of the molecule is CCCOC1(Oc2c(C)cc(C3(c4cc(C)c(OC5(OCCC)CO5)c(C)c4)c4ccccc4-c4ccccc43)cc2C)CO1. The van der Waals surface area contributed by atoms with Crippen molar-refractivity contribution in [3.63, 3.8) is 0 Å². The second kappa shape index (κ2) is 11.3. The molecular weight excluding hydrogens is 564 g/mol. The minimum Gasteiger partial charge on any atom is -0.437 e. The molecule has 4 aromatic carbocycles. The maximum atomic E-state index is 6.42. The van der Waals surface area contributed by atoms with Crippen LogP contribution in [0.5, 0.6) is 11.5 Å². The summed E-state index contributed by atoms with van der Waals surface area (Å²) in [4.78, 5) is 0. The average molecular weight is 607 g/mol. The fourth-order valence-electron chi connectivity index (χ4n) is 6.97. The van der Waals surface area contributed by atoms with Gasteiger partial charge < -0.3 is 28.4 Å². The number of hydrogen-bond acceptors (Lipinski definition) is 6. The van der Waals surface area contributed by atoms with E-state index in [1.807, 2.05) is 0 Å². The Morgan fingerprint density at radius 1 is 0.578 bits per heavy atom. The van der Waals surface area contributed by atoms with Gasteiger partial charge in [-0.25, -0.2) is 0 Å². The van der Waals surface area contributed by atoms with Crippen LogP contribution < -0.4 is 9.47 Å². The molecule has 2 fully saturated rings. The lowest BCUT2D eigenvalue weighted by molar-refractivity contribution is -0.174. The van der Waals surface area contributed by atoms with Crippen molar-refractivity contribution in [1.82, 2.24) is 0 Å². The summed E-state index contributed by atoms with van der Waals surface area (Å²) in [5.74, 6) is -0.352. The lowest BCUT2D eigenvalue weighted by Crippen LogP contribution is -2.30. The predicted molar refractivity (Wildman–Crippen MR) is 174 cm³/mol. The molecule has 45 heavy (non-hydrogen) atoms. The van der Waals surface area contributed by atoms with Gasteiger partial charge in [-0.1, -0.05) is 86.6 Å². The molecule has 6 heteroatoms. The number of aryl methyl sites for hydroxylation is 4. The number of epoxide rings is 2. The van der Waals surface area contributed by atoms with Gasteiger partial charge in [-0.3, -0.25) is 0 Å². The average Bonchev–Trinajstić information content (AvgIpc) is 3.96. The Bertz CT molecular complexity index is 1570. The molecular formula is C39H42O6. The van der Waals surface area contributed by atoms with Crippen LogP contribution in [0.3, 0.4) is 0 Å². The monoisotopic (exact) mass is 606 g/mol.